The average Bonchev–Trinajstić information content (AvgIpc) is 3.61. The first kappa shape index (κ1) is 28.9. The second-order valence-electron chi connectivity index (χ2n) is 9.06. The summed E-state index contributed by atoms with van der Waals surface area (Å²) < 4.78 is 97.4. The van der Waals surface area contributed by atoms with E-state index in [0.717, 1.165) is 30.8 Å². The molecule has 204 valence electrons. The molecule has 2 aliphatic rings. The van der Waals surface area contributed by atoms with Crippen LogP contribution in [-0.2, 0) is 11.0 Å². The quantitative estimate of drug-likeness (QED) is 0.367. The largest absolute Gasteiger partial charge is 0.492 e. The summed E-state index contributed by atoms with van der Waals surface area (Å²) in [5.41, 5.74) is -3.04. The first-order valence-corrected chi connectivity index (χ1v) is 12.4. The van der Waals surface area contributed by atoms with Crippen LogP contribution in [0, 0.1) is 11.2 Å². The van der Waals surface area contributed by atoms with Gasteiger partial charge in [0.2, 0.25) is 5.92 Å². The Morgan fingerprint density at radius 2 is 1.76 bits per heavy atom. The first-order chi connectivity index (χ1) is 17.1. The smallest absolute Gasteiger partial charge is 0.420 e. The van der Waals surface area contributed by atoms with Crippen LogP contribution in [0.2, 0.25) is 0 Å². The highest BCUT2D eigenvalue weighted by Gasteiger charge is 2.51. The van der Waals surface area contributed by atoms with Gasteiger partial charge >= 0.3 is 12.1 Å². The highest BCUT2D eigenvalue weighted by Crippen LogP contribution is 2.50. The van der Waals surface area contributed by atoms with Gasteiger partial charge in [-0.15, -0.1) is 0 Å². The first-order valence-electron chi connectivity index (χ1n) is 11.5. The zero-order chi connectivity index (χ0) is 27.6. The van der Waals surface area contributed by atoms with E-state index in [1.54, 1.807) is 0 Å². The van der Waals surface area contributed by atoms with Crippen molar-refractivity contribution in [1.29, 1.82) is 0 Å². The molecule has 1 aliphatic carbocycles. The van der Waals surface area contributed by atoms with Crippen LogP contribution in [0.25, 0.3) is 0 Å². The maximum Gasteiger partial charge on any atom is 0.420 e. The van der Waals surface area contributed by atoms with E-state index in [9.17, 15) is 40.6 Å². The van der Waals surface area contributed by atoms with E-state index in [-0.39, 0.29) is 30.0 Å². The lowest BCUT2D eigenvalue weighted by Crippen LogP contribution is -2.24. The summed E-state index contributed by atoms with van der Waals surface area (Å²) >= 11 is 0.777. The Kier molecular flexibility index (Phi) is 8.60. The number of anilines is 2. The summed E-state index contributed by atoms with van der Waals surface area (Å²) in [7, 11) is 0. The lowest BCUT2D eigenvalue weighted by atomic mass is 10.1. The Balaban J connectivity index is 0.000000568. The lowest BCUT2D eigenvalue weighted by molar-refractivity contribution is -0.144. The number of halogens is 7. The van der Waals surface area contributed by atoms with E-state index >= 15 is 0 Å². The van der Waals surface area contributed by atoms with Crippen molar-refractivity contribution in [3.63, 3.8) is 0 Å². The highest BCUT2D eigenvalue weighted by molar-refractivity contribution is 8.00. The second kappa shape index (κ2) is 11.0. The molecule has 1 N–H and O–H groups in total. The number of carboxylic acid groups (broad SMARTS) is 1. The van der Waals surface area contributed by atoms with Gasteiger partial charge in [0.1, 0.15) is 23.6 Å². The minimum atomic E-state index is -4.77. The minimum Gasteiger partial charge on any atom is -0.492 e. The van der Waals surface area contributed by atoms with Gasteiger partial charge in [0.05, 0.1) is 11.3 Å². The predicted molar refractivity (Wildman–Crippen MR) is 126 cm³/mol. The van der Waals surface area contributed by atoms with Crippen molar-refractivity contribution in [1.82, 2.24) is 0 Å². The van der Waals surface area contributed by atoms with E-state index in [2.05, 4.69) is 0 Å². The number of nitrogens with zero attached hydrogens (tertiary/aromatic N) is 1. The zero-order valence-electron chi connectivity index (χ0n) is 20.0. The molecule has 1 heterocycles. The predicted octanol–water partition coefficient (Wildman–Crippen LogP) is 8.07. The Morgan fingerprint density at radius 1 is 1.16 bits per heavy atom. The Hall–Kier alpha value is -2.63. The summed E-state index contributed by atoms with van der Waals surface area (Å²) in [5.74, 6) is -4.60. The molecule has 0 radical (unpaired) electrons. The van der Waals surface area contributed by atoms with Crippen LogP contribution in [-0.4, -0.2) is 35.7 Å². The number of fused-ring (bicyclic) bond motifs is 1. The molecule has 2 aromatic carbocycles. The molecule has 2 aromatic rings. The van der Waals surface area contributed by atoms with Crippen LogP contribution in [0.3, 0.4) is 0 Å². The molecular weight excluding hydrogens is 527 g/mol. The number of aliphatic carboxylic acids is 1. The molecular formula is C25H26F7NO3S. The number of ether oxygens (including phenoxy) is 1. The van der Waals surface area contributed by atoms with Crippen LogP contribution in [0.5, 0.6) is 5.75 Å². The van der Waals surface area contributed by atoms with Gasteiger partial charge in [0.25, 0.3) is 0 Å². The number of alkyl halides is 6. The summed E-state index contributed by atoms with van der Waals surface area (Å²) in [6, 6.07) is 7.22. The van der Waals surface area contributed by atoms with Crippen molar-refractivity contribution in [2.75, 3.05) is 18.1 Å². The molecule has 0 aromatic heterocycles. The van der Waals surface area contributed by atoms with Crippen LogP contribution < -0.4 is 9.64 Å². The number of carbonyl (C=O) groups is 1. The number of thioether (sulfide) groups is 1. The molecule has 1 unspecified atom stereocenters. The molecule has 0 bridgehead atoms. The molecule has 37 heavy (non-hydrogen) atoms. The highest BCUT2D eigenvalue weighted by atomic mass is 32.2. The molecule has 1 fully saturated rings. The number of carboxylic acids is 1. The minimum absolute atomic E-state index is 0.0520. The summed E-state index contributed by atoms with van der Waals surface area (Å²) in [6.45, 7) is 2.08. The van der Waals surface area contributed by atoms with Crippen molar-refractivity contribution < 1.29 is 45.4 Å². The fraction of sp³-hybridized carbons (Fsp3) is 0.480. The maximum atomic E-state index is 14.4. The van der Waals surface area contributed by atoms with Gasteiger partial charge in [-0.25, -0.2) is 17.6 Å². The molecule has 0 spiro atoms. The van der Waals surface area contributed by atoms with Gasteiger partial charge in [0.15, 0.2) is 5.50 Å². The summed E-state index contributed by atoms with van der Waals surface area (Å²) in [4.78, 5) is 13.1. The topological polar surface area (TPSA) is 49.8 Å². The fourth-order valence-corrected chi connectivity index (χ4v) is 4.38. The maximum absolute atomic E-state index is 14.4. The number of hydrogen-bond acceptors (Lipinski definition) is 4. The van der Waals surface area contributed by atoms with E-state index in [1.165, 1.54) is 36.1 Å². The van der Waals surface area contributed by atoms with Crippen molar-refractivity contribution in [2.24, 2.45) is 5.41 Å². The molecule has 0 amide bonds. The molecule has 12 heteroatoms. The van der Waals surface area contributed by atoms with Crippen LogP contribution in [0.4, 0.5) is 42.1 Å². The molecule has 1 saturated carbocycles. The Morgan fingerprint density at radius 3 is 2.24 bits per heavy atom. The monoisotopic (exact) mass is 553 g/mol. The van der Waals surface area contributed by atoms with E-state index in [0.29, 0.717) is 18.5 Å². The van der Waals surface area contributed by atoms with Gasteiger partial charge < -0.3 is 14.7 Å². The third-order valence-electron chi connectivity index (χ3n) is 6.06. The van der Waals surface area contributed by atoms with Crippen molar-refractivity contribution in [2.45, 2.75) is 62.0 Å². The van der Waals surface area contributed by atoms with Crippen molar-refractivity contribution in [3.8, 4) is 5.75 Å². The lowest BCUT2D eigenvalue weighted by Gasteiger charge is -2.27. The molecule has 4 nitrogen and oxygen atoms in total. The summed E-state index contributed by atoms with van der Waals surface area (Å²) in [6.07, 6.45) is -4.13. The van der Waals surface area contributed by atoms with Gasteiger partial charge in [-0.05, 0) is 56.2 Å². The summed E-state index contributed by atoms with van der Waals surface area (Å²) in [5, 5.41) is 9.27. The number of rotatable bonds is 6. The zero-order valence-corrected chi connectivity index (χ0v) is 20.9. The Bertz CT molecular complexity index is 1100. The number of hydrogen-bond donors (Lipinski definition) is 1. The van der Waals surface area contributed by atoms with Crippen molar-refractivity contribution in [3.05, 3.63) is 47.8 Å². The van der Waals surface area contributed by atoms with Gasteiger partial charge in [0, 0.05) is 30.0 Å². The van der Waals surface area contributed by atoms with Gasteiger partial charge in [-0.1, -0.05) is 18.7 Å². The van der Waals surface area contributed by atoms with Crippen LogP contribution in [0.15, 0.2) is 41.3 Å². The average molecular weight is 554 g/mol. The molecule has 1 atom stereocenters. The van der Waals surface area contributed by atoms with E-state index < -0.39 is 52.7 Å². The second-order valence-corrected chi connectivity index (χ2v) is 10.2. The van der Waals surface area contributed by atoms with E-state index in [4.69, 9.17) is 4.74 Å². The van der Waals surface area contributed by atoms with Gasteiger partial charge in [-0.2, -0.15) is 13.2 Å². The van der Waals surface area contributed by atoms with E-state index in [1.807, 2.05) is 0 Å². The van der Waals surface area contributed by atoms with Crippen LogP contribution >= 0.6 is 11.8 Å². The molecule has 0 saturated heterocycles. The van der Waals surface area contributed by atoms with Crippen LogP contribution in [0.1, 0.15) is 45.1 Å². The fourth-order valence-electron chi connectivity index (χ4n) is 3.42. The Labute approximate surface area is 213 Å². The normalized spacial score (nSPS) is 18.7. The SMILES string of the molecule is CCC(C)(F)F.O=C(O)C1(COc2cc3c(cc2C(F)(F)F)N(c2ccc(F)cc2)CCC(F)S3)CC1. The molecule has 1 aliphatic heterocycles. The molecule has 4 rings (SSSR count). The van der Waals surface area contributed by atoms with Gasteiger partial charge in [-0.3, -0.25) is 4.79 Å². The van der Waals surface area contributed by atoms with Crippen molar-refractivity contribution >= 4 is 29.1 Å². The third-order valence-corrected chi connectivity index (χ3v) is 7.13. The standard InChI is InChI=1S/C21H18F5NO3S.C4H8F2/c22-12-1-3-13(4-2-12)27-8-5-18(23)31-17-10-16(14(9-15(17)27)21(24,25)26)30-11-20(6-7-20)19(28)29;1-3-4(2,5)6/h1-4,9-10,18H,5-8,11H2,(H,28,29);3H2,1-2H3. The number of benzene rings is 2. The third kappa shape index (κ3) is 7.45.